The third-order valence-corrected chi connectivity index (χ3v) is 5.88. The maximum absolute atomic E-state index is 12.6. The number of aromatic nitrogens is 5. The van der Waals surface area contributed by atoms with E-state index in [1.54, 1.807) is 12.3 Å². The average molecular weight is 492 g/mol. The van der Waals surface area contributed by atoms with Crippen LogP contribution in [0.25, 0.3) is 11.2 Å². The number of benzene rings is 1. The minimum Gasteiger partial charge on any atom is -0.463 e. The fourth-order valence-electron chi connectivity index (χ4n) is 3.71. The molecule has 1 aromatic carbocycles. The number of hydrogen-bond donors (Lipinski definition) is 3. The van der Waals surface area contributed by atoms with Crippen LogP contribution in [0.3, 0.4) is 0 Å². The Morgan fingerprint density at radius 2 is 1.97 bits per heavy atom. The van der Waals surface area contributed by atoms with Crippen LogP contribution < -0.4 is 26.2 Å². The summed E-state index contributed by atoms with van der Waals surface area (Å²) in [7, 11) is 0. The van der Waals surface area contributed by atoms with Gasteiger partial charge in [0.2, 0.25) is 5.88 Å². The van der Waals surface area contributed by atoms with Gasteiger partial charge >= 0.3 is 11.7 Å². The van der Waals surface area contributed by atoms with Crippen molar-refractivity contribution in [3.05, 3.63) is 64.2 Å². The van der Waals surface area contributed by atoms with E-state index in [0.29, 0.717) is 35.4 Å². The lowest BCUT2D eigenvalue weighted by Crippen LogP contribution is -2.45. The Morgan fingerprint density at radius 3 is 2.67 bits per heavy atom. The highest BCUT2D eigenvalue weighted by molar-refractivity contribution is 5.81. The number of aromatic amines is 1. The second-order valence-electron chi connectivity index (χ2n) is 8.67. The van der Waals surface area contributed by atoms with E-state index in [-0.39, 0.29) is 24.1 Å². The number of hydrogen-bond acceptors (Lipinski definition) is 9. The maximum atomic E-state index is 12.6. The molecule has 0 atom stereocenters. The van der Waals surface area contributed by atoms with Gasteiger partial charge in [0, 0.05) is 18.8 Å². The van der Waals surface area contributed by atoms with Crippen LogP contribution in [0.2, 0.25) is 0 Å². The molecule has 0 aliphatic carbocycles. The zero-order valence-corrected chi connectivity index (χ0v) is 20.1. The number of ether oxygens (including phenoxy) is 3. The molecule has 4 aromatic rings. The van der Waals surface area contributed by atoms with E-state index >= 15 is 0 Å². The summed E-state index contributed by atoms with van der Waals surface area (Å²) in [6.07, 6.45) is 3.53. The Balaban J connectivity index is 1.24. The number of nitrogens with zero attached hydrogens (tertiary/aromatic N) is 4. The number of H-pyrrole nitrogens is 1. The molecule has 1 aliphatic heterocycles. The lowest BCUT2D eigenvalue weighted by molar-refractivity contribution is -0.00578. The van der Waals surface area contributed by atoms with Gasteiger partial charge < -0.3 is 30.2 Å². The zero-order valence-electron chi connectivity index (χ0n) is 20.1. The lowest BCUT2D eigenvalue weighted by Gasteiger charge is -2.27. The smallest absolute Gasteiger partial charge is 0.328 e. The number of anilines is 1. The summed E-state index contributed by atoms with van der Waals surface area (Å²) < 4.78 is 18.1. The Labute approximate surface area is 207 Å². The fourth-order valence-corrected chi connectivity index (χ4v) is 3.71. The number of pyridine rings is 1. The molecule has 188 valence electrons. The third kappa shape index (κ3) is 5.47. The first kappa shape index (κ1) is 23.8. The van der Waals surface area contributed by atoms with Gasteiger partial charge in [-0.2, -0.15) is 9.97 Å². The zero-order chi connectivity index (χ0) is 24.9. The van der Waals surface area contributed by atoms with Crippen LogP contribution >= 0.6 is 0 Å². The Hall–Kier alpha value is -3.96. The van der Waals surface area contributed by atoms with Crippen molar-refractivity contribution in [3.63, 3.8) is 0 Å². The number of fused-ring (bicyclic) bond motifs is 1. The van der Waals surface area contributed by atoms with Crippen molar-refractivity contribution in [2.45, 2.75) is 38.9 Å². The van der Waals surface area contributed by atoms with Gasteiger partial charge in [-0.15, -0.1) is 0 Å². The van der Waals surface area contributed by atoms with E-state index in [1.807, 2.05) is 30.3 Å². The molecule has 0 unspecified atom stereocenters. The second-order valence-corrected chi connectivity index (χ2v) is 8.67. The highest BCUT2D eigenvalue weighted by atomic mass is 16.5. The summed E-state index contributed by atoms with van der Waals surface area (Å²) in [5, 5.41) is 3.43. The van der Waals surface area contributed by atoms with Crippen LogP contribution in [0.1, 0.15) is 30.9 Å². The molecule has 11 nitrogen and oxygen atoms in total. The van der Waals surface area contributed by atoms with E-state index < -0.39 is 0 Å². The van der Waals surface area contributed by atoms with Crippen molar-refractivity contribution in [1.82, 2.24) is 29.8 Å². The van der Waals surface area contributed by atoms with Gasteiger partial charge in [0.1, 0.15) is 11.3 Å². The van der Waals surface area contributed by atoms with Crippen molar-refractivity contribution in [3.8, 4) is 17.6 Å². The van der Waals surface area contributed by atoms with Gasteiger partial charge in [0.15, 0.2) is 11.5 Å². The van der Waals surface area contributed by atoms with E-state index in [1.165, 1.54) is 10.1 Å². The van der Waals surface area contributed by atoms with Gasteiger partial charge in [-0.05, 0) is 29.7 Å². The lowest BCUT2D eigenvalue weighted by atomic mass is 10.2. The van der Waals surface area contributed by atoms with E-state index in [2.05, 4.69) is 32.2 Å². The van der Waals surface area contributed by atoms with Crippen molar-refractivity contribution >= 4 is 17.0 Å². The molecule has 11 heteroatoms. The third-order valence-electron chi connectivity index (χ3n) is 5.88. The molecule has 0 bridgehead atoms. The normalized spacial score (nSPS) is 13.6. The number of unbranched alkanes of at least 4 members (excludes halogenated alkanes) is 1. The van der Waals surface area contributed by atoms with Crippen LogP contribution in [-0.2, 0) is 17.8 Å². The van der Waals surface area contributed by atoms with Crippen molar-refractivity contribution in [1.29, 1.82) is 0 Å². The van der Waals surface area contributed by atoms with Crippen LogP contribution in [0.5, 0.6) is 17.6 Å². The summed E-state index contributed by atoms with van der Waals surface area (Å²) >= 11 is 0. The fraction of sp³-hybridized carbons (Fsp3) is 0.360. The Kier molecular flexibility index (Phi) is 7.10. The summed E-state index contributed by atoms with van der Waals surface area (Å²) in [6.45, 7) is 5.14. The largest absolute Gasteiger partial charge is 0.463 e. The maximum Gasteiger partial charge on any atom is 0.328 e. The SMILES string of the molecule is CCCCOc1nc(N)c2[nH]c(=O)n(Cc3ccc(Oc4ccc(CNC5COC5)cc4)nc3)c2n1. The topological polar surface area (TPSA) is 142 Å². The van der Waals surface area contributed by atoms with Crippen molar-refractivity contribution < 1.29 is 14.2 Å². The number of rotatable bonds is 11. The quantitative estimate of drug-likeness (QED) is 0.270. The Morgan fingerprint density at radius 1 is 1.17 bits per heavy atom. The van der Waals surface area contributed by atoms with E-state index in [9.17, 15) is 4.79 Å². The molecular formula is C25H29N7O4. The standard InChI is InChI=1S/C25H29N7O4/c1-2-3-10-35-24-30-22(26)21-23(31-24)32(25(33)29-21)13-17-6-9-20(28-12-17)36-19-7-4-16(5-8-19)11-27-18-14-34-15-18/h4-9,12,18,27H,2-3,10-11,13-15H2,1H3,(H,29,33)(H2,26,30,31). The van der Waals surface area contributed by atoms with E-state index in [4.69, 9.17) is 19.9 Å². The molecule has 3 aromatic heterocycles. The van der Waals surface area contributed by atoms with Gasteiger partial charge in [-0.3, -0.25) is 4.57 Å². The molecule has 1 fully saturated rings. The highest BCUT2D eigenvalue weighted by Crippen LogP contribution is 2.22. The first-order valence-electron chi connectivity index (χ1n) is 12.0. The molecule has 1 aliphatic rings. The van der Waals surface area contributed by atoms with Crippen LogP contribution in [0.4, 0.5) is 5.82 Å². The van der Waals surface area contributed by atoms with Crippen LogP contribution in [-0.4, -0.2) is 50.4 Å². The molecule has 1 saturated heterocycles. The Bertz CT molecular complexity index is 1360. The van der Waals surface area contributed by atoms with Gasteiger partial charge in [0.25, 0.3) is 0 Å². The minimum atomic E-state index is -0.337. The monoisotopic (exact) mass is 491 g/mol. The van der Waals surface area contributed by atoms with Gasteiger partial charge in [0.05, 0.1) is 32.4 Å². The van der Waals surface area contributed by atoms with Gasteiger partial charge in [-0.1, -0.05) is 31.5 Å². The number of imidazole rings is 1. The molecule has 36 heavy (non-hydrogen) atoms. The molecule has 5 rings (SSSR count). The molecule has 0 amide bonds. The summed E-state index contributed by atoms with van der Waals surface area (Å²) in [4.78, 5) is 28.3. The minimum absolute atomic E-state index is 0.155. The van der Waals surface area contributed by atoms with Crippen LogP contribution in [0.15, 0.2) is 47.4 Å². The summed E-state index contributed by atoms with van der Waals surface area (Å²) in [5.74, 6) is 1.32. The molecule has 0 radical (unpaired) electrons. The predicted molar refractivity (Wildman–Crippen MR) is 134 cm³/mol. The average Bonchev–Trinajstić information content (AvgIpc) is 3.16. The first-order valence-corrected chi connectivity index (χ1v) is 12.0. The molecule has 4 N–H and O–H groups in total. The van der Waals surface area contributed by atoms with Crippen molar-refractivity contribution in [2.24, 2.45) is 0 Å². The number of nitrogens with two attached hydrogens (primary N) is 1. The second kappa shape index (κ2) is 10.8. The predicted octanol–water partition coefficient (Wildman–Crippen LogP) is 2.60. The van der Waals surface area contributed by atoms with Gasteiger partial charge in [-0.25, -0.2) is 9.78 Å². The summed E-state index contributed by atoms with van der Waals surface area (Å²) in [5.41, 5.74) is 8.44. The molecular weight excluding hydrogens is 462 g/mol. The first-order chi connectivity index (χ1) is 17.6. The van der Waals surface area contributed by atoms with Crippen LogP contribution in [0, 0.1) is 0 Å². The van der Waals surface area contributed by atoms with Crippen molar-refractivity contribution in [2.75, 3.05) is 25.6 Å². The number of nitrogens with one attached hydrogen (secondary N) is 2. The molecule has 0 spiro atoms. The number of nitrogen functional groups attached to an aromatic ring is 1. The molecule has 0 saturated carbocycles. The highest BCUT2D eigenvalue weighted by Gasteiger charge is 2.17. The molecule has 4 heterocycles. The van der Waals surface area contributed by atoms with E-state index in [0.717, 1.165) is 38.2 Å². The summed E-state index contributed by atoms with van der Waals surface area (Å²) in [6, 6.07) is 12.1.